The van der Waals surface area contributed by atoms with E-state index in [0.717, 1.165) is 5.56 Å². The lowest BCUT2D eigenvalue weighted by Crippen LogP contribution is -2.09. The van der Waals surface area contributed by atoms with Crippen LogP contribution in [0.25, 0.3) is 10.8 Å². The van der Waals surface area contributed by atoms with Crippen LogP contribution >= 0.6 is 0 Å². The van der Waals surface area contributed by atoms with Gasteiger partial charge in [-0.15, -0.1) is 0 Å². The highest BCUT2D eigenvalue weighted by molar-refractivity contribution is 5.88. The lowest BCUT2D eigenvalue weighted by atomic mass is 10.00. The smallest absolute Gasteiger partial charge is 0.184 e. The minimum Gasteiger partial charge on any atom is -0.349 e. The fraction of sp³-hybridized carbons (Fsp3) is 0.375. The maximum atomic E-state index is 5.69. The van der Waals surface area contributed by atoms with Crippen molar-refractivity contribution in [2.24, 2.45) is 0 Å². The van der Waals surface area contributed by atoms with Crippen LogP contribution in [0.4, 0.5) is 0 Å². The predicted octanol–water partition coefficient (Wildman–Crippen LogP) is 4.22. The molecule has 0 aromatic heterocycles. The van der Waals surface area contributed by atoms with Gasteiger partial charge in [-0.2, -0.15) is 0 Å². The summed E-state index contributed by atoms with van der Waals surface area (Å²) in [5.41, 5.74) is 2.39. The topological polar surface area (TPSA) is 18.5 Å². The number of benzene rings is 2. The molecular formula is C16H20O2. The average molecular weight is 244 g/mol. The van der Waals surface area contributed by atoms with Gasteiger partial charge in [-0.25, -0.2) is 0 Å². The standard InChI is InChI=1S/C16H20O2/c1-4-17-16(18-5-2)15-11-10-12(3)13-8-6-7-9-14(13)15/h6-11,16H,4-5H2,1-3H3. The highest BCUT2D eigenvalue weighted by Gasteiger charge is 2.14. The fourth-order valence-corrected chi connectivity index (χ4v) is 2.21. The normalized spacial score (nSPS) is 11.3. The van der Waals surface area contributed by atoms with Crippen molar-refractivity contribution in [3.05, 3.63) is 47.5 Å². The SMILES string of the molecule is CCOC(OCC)c1ccc(C)c2ccccc12. The van der Waals surface area contributed by atoms with Crippen molar-refractivity contribution in [3.63, 3.8) is 0 Å². The van der Waals surface area contributed by atoms with Gasteiger partial charge in [0.25, 0.3) is 0 Å². The fourth-order valence-electron chi connectivity index (χ4n) is 2.21. The molecule has 2 aromatic carbocycles. The Morgan fingerprint density at radius 3 is 2.11 bits per heavy atom. The Bertz CT molecular complexity index is 513. The molecule has 2 aromatic rings. The minimum atomic E-state index is -0.273. The van der Waals surface area contributed by atoms with E-state index >= 15 is 0 Å². The summed E-state index contributed by atoms with van der Waals surface area (Å²) in [6, 6.07) is 12.6. The van der Waals surface area contributed by atoms with Crippen molar-refractivity contribution in [2.45, 2.75) is 27.1 Å². The molecule has 18 heavy (non-hydrogen) atoms. The highest BCUT2D eigenvalue weighted by atomic mass is 16.7. The summed E-state index contributed by atoms with van der Waals surface area (Å²) in [5.74, 6) is 0. The van der Waals surface area contributed by atoms with Crippen LogP contribution in [0.3, 0.4) is 0 Å². The molecule has 0 aliphatic heterocycles. The van der Waals surface area contributed by atoms with E-state index < -0.39 is 0 Å². The van der Waals surface area contributed by atoms with Crippen molar-refractivity contribution in [2.75, 3.05) is 13.2 Å². The molecule has 2 heteroatoms. The lowest BCUT2D eigenvalue weighted by molar-refractivity contribution is -0.139. The monoisotopic (exact) mass is 244 g/mol. The first-order valence-corrected chi connectivity index (χ1v) is 6.49. The third-order valence-electron chi connectivity index (χ3n) is 3.07. The summed E-state index contributed by atoms with van der Waals surface area (Å²) in [4.78, 5) is 0. The highest BCUT2D eigenvalue weighted by Crippen LogP contribution is 2.29. The van der Waals surface area contributed by atoms with E-state index in [1.165, 1.54) is 16.3 Å². The van der Waals surface area contributed by atoms with Crippen LogP contribution < -0.4 is 0 Å². The first kappa shape index (κ1) is 13.1. The summed E-state index contributed by atoms with van der Waals surface area (Å²) in [6.07, 6.45) is -0.273. The molecule has 0 saturated carbocycles. The molecule has 0 unspecified atom stereocenters. The van der Waals surface area contributed by atoms with E-state index in [0.29, 0.717) is 13.2 Å². The van der Waals surface area contributed by atoms with E-state index in [1.54, 1.807) is 0 Å². The molecule has 2 rings (SSSR count). The number of rotatable bonds is 5. The van der Waals surface area contributed by atoms with Gasteiger partial charge in [-0.1, -0.05) is 36.4 Å². The van der Waals surface area contributed by atoms with Crippen LogP contribution in [0.5, 0.6) is 0 Å². The van der Waals surface area contributed by atoms with Crippen LogP contribution in [0.2, 0.25) is 0 Å². The maximum absolute atomic E-state index is 5.69. The van der Waals surface area contributed by atoms with Crippen molar-refractivity contribution in [1.29, 1.82) is 0 Å². The second kappa shape index (κ2) is 5.98. The van der Waals surface area contributed by atoms with Gasteiger partial charge in [0, 0.05) is 18.8 Å². The summed E-state index contributed by atoms with van der Waals surface area (Å²) < 4.78 is 11.4. The Labute approximate surface area is 109 Å². The van der Waals surface area contributed by atoms with Crippen LogP contribution in [0.15, 0.2) is 36.4 Å². The molecule has 96 valence electrons. The Kier molecular flexibility index (Phi) is 4.34. The second-order valence-electron chi connectivity index (χ2n) is 4.26. The van der Waals surface area contributed by atoms with E-state index in [4.69, 9.17) is 9.47 Å². The first-order valence-electron chi connectivity index (χ1n) is 6.49. The summed E-state index contributed by atoms with van der Waals surface area (Å²) >= 11 is 0. The predicted molar refractivity (Wildman–Crippen MR) is 74.7 cm³/mol. The van der Waals surface area contributed by atoms with Crippen molar-refractivity contribution in [1.82, 2.24) is 0 Å². The van der Waals surface area contributed by atoms with Gasteiger partial charge < -0.3 is 9.47 Å². The Balaban J connectivity index is 2.52. The molecule has 0 radical (unpaired) electrons. The average Bonchev–Trinajstić information content (AvgIpc) is 2.39. The number of hydrogen-bond acceptors (Lipinski definition) is 2. The molecule has 0 aliphatic rings. The summed E-state index contributed by atoms with van der Waals surface area (Å²) in [7, 11) is 0. The van der Waals surface area contributed by atoms with Gasteiger partial charge in [-0.3, -0.25) is 0 Å². The van der Waals surface area contributed by atoms with Gasteiger partial charge in [0.15, 0.2) is 6.29 Å². The van der Waals surface area contributed by atoms with E-state index in [1.807, 2.05) is 13.8 Å². The second-order valence-corrected chi connectivity index (χ2v) is 4.26. The van der Waals surface area contributed by atoms with E-state index in [-0.39, 0.29) is 6.29 Å². The molecule has 2 nitrogen and oxygen atoms in total. The van der Waals surface area contributed by atoms with Crippen molar-refractivity contribution < 1.29 is 9.47 Å². The summed E-state index contributed by atoms with van der Waals surface area (Å²) in [5, 5.41) is 2.48. The molecule has 0 amide bonds. The molecule has 0 atom stereocenters. The number of aryl methyl sites for hydroxylation is 1. The van der Waals surface area contributed by atoms with Gasteiger partial charge in [-0.05, 0) is 37.1 Å². The molecule has 0 aliphatic carbocycles. The molecular weight excluding hydrogens is 224 g/mol. The zero-order valence-corrected chi connectivity index (χ0v) is 11.3. The molecule has 0 saturated heterocycles. The molecule has 0 fully saturated rings. The number of ether oxygens (including phenoxy) is 2. The third-order valence-corrected chi connectivity index (χ3v) is 3.07. The molecule has 0 spiro atoms. The third kappa shape index (κ3) is 2.55. The zero-order chi connectivity index (χ0) is 13.0. The van der Waals surface area contributed by atoms with Gasteiger partial charge in [0.2, 0.25) is 0 Å². The van der Waals surface area contributed by atoms with Crippen molar-refractivity contribution in [3.8, 4) is 0 Å². The first-order chi connectivity index (χ1) is 8.77. The van der Waals surface area contributed by atoms with E-state index in [9.17, 15) is 0 Å². The Morgan fingerprint density at radius 2 is 1.50 bits per heavy atom. The van der Waals surface area contributed by atoms with Crippen LogP contribution in [-0.4, -0.2) is 13.2 Å². The molecule has 0 heterocycles. The van der Waals surface area contributed by atoms with Gasteiger partial charge in [0.1, 0.15) is 0 Å². The number of fused-ring (bicyclic) bond motifs is 1. The maximum Gasteiger partial charge on any atom is 0.184 e. The lowest BCUT2D eigenvalue weighted by Gasteiger charge is -2.19. The Hall–Kier alpha value is -1.38. The quantitative estimate of drug-likeness (QED) is 0.733. The molecule has 0 bridgehead atoms. The largest absolute Gasteiger partial charge is 0.349 e. The van der Waals surface area contributed by atoms with E-state index in [2.05, 4.69) is 43.3 Å². The van der Waals surface area contributed by atoms with Crippen LogP contribution in [-0.2, 0) is 9.47 Å². The van der Waals surface area contributed by atoms with Crippen LogP contribution in [0.1, 0.15) is 31.3 Å². The number of hydrogen-bond donors (Lipinski definition) is 0. The van der Waals surface area contributed by atoms with Gasteiger partial charge >= 0.3 is 0 Å². The molecule has 0 N–H and O–H groups in total. The van der Waals surface area contributed by atoms with Crippen LogP contribution in [0, 0.1) is 6.92 Å². The summed E-state index contributed by atoms with van der Waals surface area (Å²) in [6.45, 7) is 7.40. The Morgan fingerprint density at radius 1 is 0.889 bits per heavy atom. The van der Waals surface area contributed by atoms with Crippen molar-refractivity contribution >= 4 is 10.8 Å². The van der Waals surface area contributed by atoms with Gasteiger partial charge in [0.05, 0.1) is 0 Å². The zero-order valence-electron chi connectivity index (χ0n) is 11.3. The minimum absolute atomic E-state index is 0.273.